The van der Waals surface area contributed by atoms with E-state index in [4.69, 9.17) is 15.7 Å². The highest BCUT2D eigenvalue weighted by atomic mass is 19.1. The molecule has 5 heterocycles. The Bertz CT molecular complexity index is 1890. The Hall–Kier alpha value is -3.79. The summed E-state index contributed by atoms with van der Waals surface area (Å²) in [6.45, 7) is 3.30. The van der Waals surface area contributed by atoms with Crippen LogP contribution in [0.2, 0.25) is 0 Å². The van der Waals surface area contributed by atoms with Gasteiger partial charge >= 0.3 is 0 Å². The molecular weight excluding hydrogens is 581 g/mol. The molecule has 1 aromatic carbocycles. The molecule has 6 atom stereocenters. The van der Waals surface area contributed by atoms with Crippen LogP contribution in [0.1, 0.15) is 99.3 Å². The number of aromatic nitrogens is 4. The van der Waals surface area contributed by atoms with Gasteiger partial charge < -0.3 is 25.1 Å². The summed E-state index contributed by atoms with van der Waals surface area (Å²) in [6, 6.07) is 9.52. The van der Waals surface area contributed by atoms with Crippen molar-refractivity contribution in [2.45, 2.75) is 102 Å². The minimum atomic E-state index is -0.405. The van der Waals surface area contributed by atoms with Crippen molar-refractivity contribution in [2.24, 2.45) is 23.5 Å². The van der Waals surface area contributed by atoms with Gasteiger partial charge in [-0.05, 0) is 100 Å². The van der Waals surface area contributed by atoms with Gasteiger partial charge in [0, 0.05) is 48.1 Å². The van der Waals surface area contributed by atoms with Gasteiger partial charge in [0.15, 0.2) is 5.82 Å². The van der Waals surface area contributed by atoms with Crippen LogP contribution in [0.3, 0.4) is 0 Å². The maximum atomic E-state index is 16.2. The molecule has 46 heavy (non-hydrogen) atoms. The number of nitrogens with two attached hydrogens (primary N) is 1. The molecule has 3 aliphatic carbocycles. The number of rotatable bonds is 3. The van der Waals surface area contributed by atoms with E-state index in [2.05, 4.69) is 26.6 Å². The lowest BCUT2D eigenvalue weighted by molar-refractivity contribution is -0.123. The fraction of sp³-hybridized carbons (Fsp3) is 0.556. The van der Waals surface area contributed by atoms with E-state index >= 15 is 4.39 Å². The number of carbonyl (C=O) groups is 2. The summed E-state index contributed by atoms with van der Waals surface area (Å²) < 4.78 is 20.5. The number of pyridine rings is 1. The summed E-state index contributed by atoms with van der Waals surface area (Å²) in [5, 5.41) is 4.20. The molecule has 3 saturated carbocycles. The molecule has 10 heteroatoms. The Morgan fingerprint density at radius 1 is 0.978 bits per heavy atom. The van der Waals surface area contributed by atoms with Crippen LogP contribution in [-0.2, 0) is 11.3 Å². The number of nitrogens with one attached hydrogen (secondary N) is 1. The summed E-state index contributed by atoms with van der Waals surface area (Å²) in [5.41, 5.74) is 10.3. The second kappa shape index (κ2) is 10.6. The minimum absolute atomic E-state index is 0.0271. The third-order valence-electron chi connectivity index (χ3n) is 11.6. The molecule has 2 amide bonds. The largest absolute Gasteiger partial charge is 0.348 e. The predicted molar refractivity (Wildman–Crippen MR) is 173 cm³/mol. The van der Waals surface area contributed by atoms with Gasteiger partial charge in [0.2, 0.25) is 5.91 Å². The number of halogens is 1. The first kappa shape index (κ1) is 28.4. The van der Waals surface area contributed by atoms with Gasteiger partial charge in [0.05, 0.1) is 22.9 Å². The van der Waals surface area contributed by atoms with E-state index in [1.54, 1.807) is 6.07 Å². The number of piperidine rings is 1. The Morgan fingerprint density at radius 3 is 2.67 bits per heavy atom. The van der Waals surface area contributed by atoms with E-state index in [0.29, 0.717) is 35.0 Å². The van der Waals surface area contributed by atoms with Crippen LogP contribution in [0.25, 0.3) is 33.6 Å². The number of carbonyl (C=O) groups excluding carboxylic acids is 2. The van der Waals surface area contributed by atoms with Crippen molar-refractivity contribution in [1.29, 1.82) is 0 Å². The number of imidazole rings is 1. The molecule has 4 fully saturated rings. The first-order chi connectivity index (χ1) is 22.3. The lowest BCUT2D eigenvalue weighted by Gasteiger charge is -2.37. The highest BCUT2D eigenvalue weighted by Gasteiger charge is 2.43. The van der Waals surface area contributed by atoms with Crippen molar-refractivity contribution >= 4 is 33.9 Å². The first-order valence-corrected chi connectivity index (χ1v) is 17.4. The van der Waals surface area contributed by atoms with Crippen molar-refractivity contribution in [3.8, 4) is 11.5 Å². The number of aryl methyl sites for hydroxylation is 1. The summed E-state index contributed by atoms with van der Waals surface area (Å²) in [5.74, 6) is 1.42. The van der Waals surface area contributed by atoms with E-state index in [9.17, 15) is 9.59 Å². The minimum Gasteiger partial charge on any atom is -0.348 e. The maximum Gasteiger partial charge on any atom is 0.254 e. The molecule has 0 radical (unpaired) electrons. The number of fused-ring (bicyclic) bond motifs is 5. The van der Waals surface area contributed by atoms with Gasteiger partial charge in [0.25, 0.3) is 5.91 Å². The SMILES string of the molecule is C[C@H]1NC(=O)[C@@H]2C[C@H]2CCCCCn2c(-c3nc4cc(C(=O)N5C[C@H](N)[C@@H]6CC[C@H]5C6)cc(F)c4n3C3CC3)cc3ccc1nc32. The summed E-state index contributed by atoms with van der Waals surface area (Å²) in [4.78, 5) is 38.8. The quantitative estimate of drug-likeness (QED) is 0.297. The molecular formula is C36H42FN7O2. The fourth-order valence-corrected chi connectivity index (χ4v) is 8.71. The van der Waals surface area contributed by atoms with Gasteiger partial charge in [-0.15, -0.1) is 0 Å². The molecule has 9 rings (SSSR count). The van der Waals surface area contributed by atoms with Gasteiger partial charge in [-0.25, -0.2) is 14.4 Å². The van der Waals surface area contributed by atoms with E-state index in [-0.39, 0.29) is 41.9 Å². The third-order valence-corrected chi connectivity index (χ3v) is 11.6. The van der Waals surface area contributed by atoms with Gasteiger partial charge in [-0.2, -0.15) is 0 Å². The summed E-state index contributed by atoms with van der Waals surface area (Å²) >= 11 is 0. The first-order valence-electron chi connectivity index (χ1n) is 17.4. The lowest BCUT2D eigenvalue weighted by Crippen LogP contribution is -2.51. The summed E-state index contributed by atoms with van der Waals surface area (Å²) in [7, 11) is 0. The molecule has 3 aromatic heterocycles. The van der Waals surface area contributed by atoms with Crippen molar-refractivity contribution < 1.29 is 14.0 Å². The smallest absolute Gasteiger partial charge is 0.254 e. The molecule has 4 bridgehead atoms. The monoisotopic (exact) mass is 623 g/mol. The number of hydrogen-bond donors (Lipinski definition) is 2. The van der Waals surface area contributed by atoms with Crippen molar-refractivity contribution in [3.63, 3.8) is 0 Å². The predicted octanol–water partition coefficient (Wildman–Crippen LogP) is 5.87. The molecule has 1 saturated heterocycles. The zero-order valence-electron chi connectivity index (χ0n) is 26.4. The second-order valence-corrected chi connectivity index (χ2v) is 14.7. The molecule has 2 aliphatic heterocycles. The van der Waals surface area contributed by atoms with Gasteiger partial charge in [0.1, 0.15) is 17.0 Å². The van der Waals surface area contributed by atoms with Crippen LogP contribution in [0.5, 0.6) is 0 Å². The fourth-order valence-electron chi connectivity index (χ4n) is 8.71. The number of benzene rings is 1. The Balaban J connectivity index is 1.14. The van der Waals surface area contributed by atoms with Crippen LogP contribution in [0, 0.1) is 23.6 Å². The van der Waals surface area contributed by atoms with Crippen LogP contribution in [0.4, 0.5) is 4.39 Å². The number of nitrogens with zero attached hydrogens (tertiary/aromatic N) is 5. The zero-order valence-corrected chi connectivity index (χ0v) is 26.4. The average Bonchev–Trinajstić information content (AvgIpc) is 3.92. The standard InChI is InChI=1S/C36H42FN7O2/c1-19-29-11-7-22-17-31(42(33(22)40-29)12-4-2-3-5-20-14-26(20)35(45)39-19)34-41-30-16-23(15-27(37)32(30)44(34)24-9-10-24)36(46)43-18-28(38)21-6-8-25(43)13-21/h7,11,15-17,19-21,24-26,28H,2-6,8-10,12-14,18,38H2,1H3,(H,39,45)/t19-,20-,21-,25+,26-,28+/m1/s1. The number of hydrogen-bond acceptors (Lipinski definition) is 5. The van der Waals surface area contributed by atoms with E-state index in [0.717, 1.165) is 99.0 Å². The highest BCUT2D eigenvalue weighted by molar-refractivity contribution is 5.98. The summed E-state index contributed by atoms with van der Waals surface area (Å²) in [6.07, 6.45) is 10.1. The van der Waals surface area contributed by atoms with Gasteiger partial charge in [-0.1, -0.05) is 12.8 Å². The third kappa shape index (κ3) is 4.66. The number of likely N-dealkylation sites (tertiary alicyclic amines) is 1. The zero-order chi connectivity index (χ0) is 31.3. The van der Waals surface area contributed by atoms with Crippen LogP contribution in [-0.4, -0.2) is 54.4 Å². The average molecular weight is 624 g/mol. The van der Waals surface area contributed by atoms with E-state index in [1.807, 2.05) is 17.9 Å². The lowest BCUT2D eigenvalue weighted by atomic mass is 9.94. The second-order valence-electron chi connectivity index (χ2n) is 14.7. The van der Waals surface area contributed by atoms with Crippen LogP contribution >= 0.6 is 0 Å². The molecule has 5 aliphatic rings. The van der Waals surface area contributed by atoms with Gasteiger partial charge in [-0.3, -0.25) is 9.59 Å². The highest BCUT2D eigenvalue weighted by Crippen LogP contribution is 2.45. The molecule has 0 spiro atoms. The van der Waals surface area contributed by atoms with E-state index in [1.165, 1.54) is 6.07 Å². The Morgan fingerprint density at radius 2 is 1.83 bits per heavy atom. The van der Waals surface area contributed by atoms with E-state index < -0.39 is 5.82 Å². The van der Waals surface area contributed by atoms with Crippen molar-refractivity contribution in [1.82, 2.24) is 29.3 Å². The van der Waals surface area contributed by atoms with Crippen molar-refractivity contribution in [3.05, 3.63) is 47.4 Å². The molecule has 9 nitrogen and oxygen atoms in total. The molecule has 240 valence electrons. The molecule has 4 aromatic rings. The number of amides is 2. The van der Waals surface area contributed by atoms with Crippen LogP contribution < -0.4 is 11.1 Å². The van der Waals surface area contributed by atoms with Crippen LogP contribution in [0.15, 0.2) is 30.3 Å². The Kier molecular flexibility index (Phi) is 6.56. The molecule has 3 N–H and O–H groups in total. The maximum absolute atomic E-state index is 16.2. The normalized spacial score (nSPS) is 29.6. The molecule has 0 unspecified atom stereocenters. The van der Waals surface area contributed by atoms with Crippen molar-refractivity contribution in [2.75, 3.05) is 6.54 Å². The Labute approximate surface area is 267 Å². The topological polar surface area (TPSA) is 111 Å².